The summed E-state index contributed by atoms with van der Waals surface area (Å²) in [6.07, 6.45) is 1.40. The smallest absolute Gasteiger partial charge is 0.187 e. The summed E-state index contributed by atoms with van der Waals surface area (Å²) in [6.45, 7) is 0. The molecule has 0 saturated heterocycles. The molecule has 0 saturated carbocycles. The SMILES string of the molecule is Oc1c(F)cc(-c2ccco2)cc1F. The summed E-state index contributed by atoms with van der Waals surface area (Å²) in [5, 5.41) is 8.85. The van der Waals surface area contributed by atoms with E-state index >= 15 is 0 Å². The van der Waals surface area contributed by atoms with Gasteiger partial charge in [0.2, 0.25) is 0 Å². The Morgan fingerprint density at radius 1 is 1.14 bits per heavy atom. The van der Waals surface area contributed by atoms with Crippen LogP contribution in [-0.2, 0) is 0 Å². The van der Waals surface area contributed by atoms with E-state index in [0.29, 0.717) is 5.76 Å². The van der Waals surface area contributed by atoms with Crippen LogP contribution in [0, 0.1) is 11.6 Å². The van der Waals surface area contributed by atoms with Crippen molar-refractivity contribution in [2.24, 2.45) is 0 Å². The molecule has 4 heteroatoms. The molecule has 72 valence electrons. The molecular weight excluding hydrogens is 190 g/mol. The maximum atomic E-state index is 12.9. The highest BCUT2D eigenvalue weighted by molar-refractivity contribution is 5.58. The standard InChI is InChI=1S/C10H6F2O2/c11-7-4-6(5-8(12)10(7)13)9-2-1-3-14-9/h1-5,13H. The van der Waals surface area contributed by atoms with Crippen LogP contribution in [0.1, 0.15) is 0 Å². The molecule has 1 heterocycles. The lowest BCUT2D eigenvalue weighted by Gasteiger charge is -2.00. The van der Waals surface area contributed by atoms with Gasteiger partial charge >= 0.3 is 0 Å². The largest absolute Gasteiger partial charge is 0.503 e. The maximum absolute atomic E-state index is 12.9. The van der Waals surface area contributed by atoms with E-state index in [1.807, 2.05) is 0 Å². The van der Waals surface area contributed by atoms with Crippen molar-refractivity contribution in [1.82, 2.24) is 0 Å². The molecule has 0 unspecified atom stereocenters. The fourth-order valence-electron chi connectivity index (χ4n) is 1.15. The van der Waals surface area contributed by atoms with Crippen LogP contribution in [-0.4, -0.2) is 5.11 Å². The van der Waals surface area contributed by atoms with Gasteiger partial charge in [-0.3, -0.25) is 0 Å². The van der Waals surface area contributed by atoms with Gasteiger partial charge in [0, 0.05) is 5.56 Å². The number of aromatic hydroxyl groups is 1. The van der Waals surface area contributed by atoms with Crippen LogP contribution >= 0.6 is 0 Å². The first-order valence-electron chi connectivity index (χ1n) is 3.90. The highest BCUT2D eigenvalue weighted by Crippen LogP contribution is 2.27. The van der Waals surface area contributed by atoms with Crippen molar-refractivity contribution in [3.63, 3.8) is 0 Å². The van der Waals surface area contributed by atoms with Crippen molar-refractivity contribution >= 4 is 0 Å². The van der Waals surface area contributed by atoms with E-state index in [1.54, 1.807) is 12.1 Å². The molecule has 1 aromatic heterocycles. The summed E-state index contributed by atoms with van der Waals surface area (Å²) >= 11 is 0. The number of hydrogen-bond acceptors (Lipinski definition) is 2. The Bertz CT molecular complexity index is 426. The molecule has 2 aromatic rings. The van der Waals surface area contributed by atoms with Gasteiger partial charge in [-0.2, -0.15) is 0 Å². The third kappa shape index (κ3) is 1.35. The van der Waals surface area contributed by atoms with Crippen LogP contribution in [0.2, 0.25) is 0 Å². The van der Waals surface area contributed by atoms with E-state index in [4.69, 9.17) is 9.52 Å². The monoisotopic (exact) mass is 196 g/mol. The fraction of sp³-hybridized carbons (Fsp3) is 0. The van der Waals surface area contributed by atoms with Gasteiger partial charge in [-0.05, 0) is 24.3 Å². The highest BCUT2D eigenvalue weighted by atomic mass is 19.1. The molecule has 0 aliphatic carbocycles. The van der Waals surface area contributed by atoms with Crippen LogP contribution in [0.15, 0.2) is 34.9 Å². The molecule has 0 bridgehead atoms. The lowest BCUT2D eigenvalue weighted by Crippen LogP contribution is -1.84. The minimum Gasteiger partial charge on any atom is -0.503 e. The average molecular weight is 196 g/mol. The van der Waals surface area contributed by atoms with Gasteiger partial charge < -0.3 is 9.52 Å². The van der Waals surface area contributed by atoms with Crippen molar-refractivity contribution in [1.29, 1.82) is 0 Å². The van der Waals surface area contributed by atoms with Crippen LogP contribution < -0.4 is 0 Å². The number of benzene rings is 1. The number of phenolic OH excluding ortho intramolecular Hbond substituents is 1. The average Bonchev–Trinajstić information content (AvgIpc) is 2.66. The van der Waals surface area contributed by atoms with Gasteiger partial charge in [-0.1, -0.05) is 0 Å². The zero-order valence-electron chi connectivity index (χ0n) is 7.00. The summed E-state index contributed by atoms with van der Waals surface area (Å²) < 4.78 is 30.8. The Labute approximate surface area is 78.4 Å². The molecule has 0 aliphatic rings. The molecule has 0 radical (unpaired) electrons. The van der Waals surface area contributed by atoms with E-state index in [1.165, 1.54) is 6.26 Å². The highest BCUT2D eigenvalue weighted by Gasteiger charge is 2.11. The second kappa shape index (κ2) is 3.14. The predicted octanol–water partition coefficient (Wildman–Crippen LogP) is 2.93. The van der Waals surface area contributed by atoms with Crippen LogP contribution in [0.3, 0.4) is 0 Å². The second-order valence-electron chi connectivity index (χ2n) is 2.77. The molecule has 0 atom stereocenters. The first-order chi connectivity index (χ1) is 6.68. The third-order valence-corrected chi connectivity index (χ3v) is 1.82. The van der Waals surface area contributed by atoms with Gasteiger partial charge in [0.25, 0.3) is 0 Å². The summed E-state index contributed by atoms with van der Waals surface area (Å²) in [5.74, 6) is -2.63. The minimum atomic E-state index is -1.00. The number of rotatable bonds is 1. The first kappa shape index (κ1) is 8.74. The summed E-state index contributed by atoms with van der Waals surface area (Å²) in [5.41, 5.74) is 0.253. The molecule has 14 heavy (non-hydrogen) atoms. The van der Waals surface area contributed by atoms with Gasteiger partial charge in [-0.25, -0.2) is 8.78 Å². The van der Waals surface area contributed by atoms with E-state index in [0.717, 1.165) is 12.1 Å². The lowest BCUT2D eigenvalue weighted by molar-refractivity contribution is 0.396. The molecular formula is C10H6F2O2. The lowest BCUT2D eigenvalue weighted by atomic mass is 10.1. The molecule has 0 aliphatic heterocycles. The van der Waals surface area contributed by atoms with Crippen molar-refractivity contribution in [3.8, 4) is 17.1 Å². The maximum Gasteiger partial charge on any atom is 0.187 e. The molecule has 2 rings (SSSR count). The minimum absolute atomic E-state index is 0.253. The molecule has 0 spiro atoms. The number of furan rings is 1. The Balaban J connectivity index is 2.57. The topological polar surface area (TPSA) is 33.4 Å². The summed E-state index contributed by atoms with van der Waals surface area (Å²) in [7, 11) is 0. The van der Waals surface area contributed by atoms with Crippen molar-refractivity contribution < 1.29 is 18.3 Å². The van der Waals surface area contributed by atoms with E-state index < -0.39 is 17.4 Å². The van der Waals surface area contributed by atoms with Crippen molar-refractivity contribution in [3.05, 3.63) is 42.2 Å². The van der Waals surface area contributed by atoms with E-state index in [2.05, 4.69) is 0 Å². The Morgan fingerprint density at radius 2 is 1.79 bits per heavy atom. The zero-order chi connectivity index (χ0) is 10.1. The molecule has 0 fully saturated rings. The van der Waals surface area contributed by atoms with Crippen molar-refractivity contribution in [2.45, 2.75) is 0 Å². The Hall–Kier alpha value is -1.84. The van der Waals surface area contributed by atoms with Crippen LogP contribution in [0.25, 0.3) is 11.3 Å². The third-order valence-electron chi connectivity index (χ3n) is 1.82. The first-order valence-corrected chi connectivity index (χ1v) is 3.90. The predicted molar refractivity (Wildman–Crippen MR) is 45.7 cm³/mol. The van der Waals surface area contributed by atoms with Gasteiger partial charge in [0.1, 0.15) is 5.76 Å². The number of phenols is 1. The summed E-state index contributed by atoms with van der Waals surface area (Å²) in [4.78, 5) is 0. The number of halogens is 2. The molecule has 1 N–H and O–H groups in total. The number of hydrogen-bond donors (Lipinski definition) is 1. The summed E-state index contributed by atoms with van der Waals surface area (Å²) in [6, 6.07) is 5.21. The normalized spacial score (nSPS) is 10.4. The zero-order valence-corrected chi connectivity index (χ0v) is 7.00. The Morgan fingerprint density at radius 3 is 2.29 bits per heavy atom. The quantitative estimate of drug-likeness (QED) is 0.760. The van der Waals surface area contributed by atoms with Crippen LogP contribution in [0.4, 0.5) is 8.78 Å². The van der Waals surface area contributed by atoms with E-state index in [9.17, 15) is 8.78 Å². The van der Waals surface area contributed by atoms with Gasteiger partial charge in [-0.15, -0.1) is 0 Å². The van der Waals surface area contributed by atoms with E-state index in [-0.39, 0.29) is 5.56 Å². The van der Waals surface area contributed by atoms with Crippen LogP contribution in [0.5, 0.6) is 5.75 Å². The van der Waals surface area contributed by atoms with Crippen molar-refractivity contribution in [2.75, 3.05) is 0 Å². The second-order valence-corrected chi connectivity index (χ2v) is 2.77. The fourth-order valence-corrected chi connectivity index (χ4v) is 1.15. The van der Waals surface area contributed by atoms with Gasteiger partial charge in [0.05, 0.1) is 6.26 Å². The molecule has 2 nitrogen and oxygen atoms in total. The van der Waals surface area contributed by atoms with Gasteiger partial charge in [0.15, 0.2) is 17.4 Å². The molecule has 1 aromatic carbocycles. The molecule has 0 amide bonds. The Kier molecular flexibility index (Phi) is 1.96.